The monoisotopic (exact) mass is 503 g/mol. The number of nitrogens with zero attached hydrogens (tertiary/aromatic N) is 1. The predicted molar refractivity (Wildman–Crippen MR) is 113 cm³/mol. The first-order valence-electron chi connectivity index (χ1n) is 9.35. The smallest absolute Gasteiger partial charge is 0.330 e. The third-order valence-electron chi connectivity index (χ3n) is 4.62. The van der Waals surface area contributed by atoms with E-state index in [1.165, 1.54) is 44.2 Å². The van der Waals surface area contributed by atoms with E-state index in [0.717, 1.165) is 12.0 Å². The molecule has 0 bridgehead atoms. The molecular weight excluding hydrogens is 486 g/mol. The van der Waals surface area contributed by atoms with Crippen molar-refractivity contribution in [2.45, 2.75) is 24.7 Å². The SMILES string of the molecule is COC(=O)[C@H]([C@@H](Br)c1ccc(OC(C)=O)c(OC(C)=O)c1)N1C(=O)c2ccccc2C1=O. The molecule has 32 heavy (non-hydrogen) atoms. The van der Waals surface area contributed by atoms with Gasteiger partial charge in [-0.2, -0.15) is 0 Å². The summed E-state index contributed by atoms with van der Waals surface area (Å²) in [5.74, 6) is -3.47. The Morgan fingerprint density at radius 1 is 0.875 bits per heavy atom. The number of imide groups is 1. The molecule has 0 aliphatic carbocycles. The number of carbonyl (C=O) groups is 5. The number of fused-ring (bicyclic) bond motifs is 1. The standard InChI is InChI=1S/C22H18BrNO8/c1-11(25)31-16-9-8-13(10-17(16)32-12(2)26)18(23)19(22(29)30-3)24-20(27)14-6-4-5-7-15(14)21(24)28/h4-10,18-19H,1-3H3/t18-,19-/m0/s1. The van der Waals surface area contributed by atoms with Gasteiger partial charge < -0.3 is 14.2 Å². The molecule has 0 radical (unpaired) electrons. The largest absolute Gasteiger partial charge is 0.467 e. The second-order valence-electron chi connectivity index (χ2n) is 6.79. The van der Waals surface area contributed by atoms with Gasteiger partial charge >= 0.3 is 17.9 Å². The summed E-state index contributed by atoms with van der Waals surface area (Å²) >= 11 is 3.38. The Kier molecular flexibility index (Phi) is 6.73. The number of halogens is 1. The number of benzene rings is 2. The van der Waals surface area contributed by atoms with Crippen LogP contribution in [0.4, 0.5) is 0 Å². The minimum Gasteiger partial charge on any atom is -0.467 e. The van der Waals surface area contributed by atoms with Crippen LogP contribution in [0.1, 0.15) is 45.0 Å². The normalized spacial score (nSPS) is 14.4. The van der Waals surface area contributed by atoms with Gasteiger partial charge in [-0.05, 0) is 29.8 Å². The van der Waals surface area contributed by atoms with E-state index in [4.69, 9.17) is 14.2 Å². The summed E-state index contributed by atoms with van der Waals surface area (Å²) in [7, 11) is 1.14. The quantitative estimate of drug-likeness (QED) is 0.255. The van der Waals surface area contributed by atoms with Crippen LogP contribution in [-0.2, 0) is 19.1 Å². The van der Waals surface area contributed by atoms with Crippen LogP contribution in [0.25, 0.3) is 0 Å². The molecule has 166 valence electrons. The second-order valence-corrected chi connectivity index (χ2v) is 7.78. The summed E-state index contributed by atoms with van der Waals surface area (Å²) in [6, 6.07) is 9.11. The molecule has 1 aliphatic heterocycles. The number of esters is 3. The number of methoxy groups -OCH3 is 1. The molecule has 0 aromatic heterocycles. The Bertz CT molecular complexity index is 1090. The van der Waals surface area contributed by atoms with E-state index < -0.39 is 40.6 Å². The molecule has 0 saturated heterocycles. The second kappa shape index (κ2) is 9.31. The van der Waals surface area contributed by atoms with E-state index in [-0.39, 0.29) is 22.6 Å². The number of hydrogen-bond acceptors (Lipinski definition) is 8. The van der Waals surface area contributed by atoms with Gasteiger partial charge in [0, 0.05) is 13.8 Å². The lowest BCUT2D eigenvalue weighted by atomic mass is 10.0. The predicted octanol–water partition coefficient (Wildman–Crippen LogP) is 2.81. The molecule has 0 saturated carbocycles. The Labute approximate surface area is 191 Å². The van der Waals surface area contributed by atoms with Crippen molar-refractivity contribution in [3.63, 3.8) is 0 Å². The van der Waals surface area contributed by atoms with E-state index in [0.29, 0.717) is 5.56 Å². The molecule has 0 fully saturated rings. The maximum atomic E-state index is 12.9. The zero-order chi connectivity index (χ0) is 23.6. The van der Waals surface area contributed by atoms with Crippen LogP contribution >= 0.6 is 15.9 Å². The van der Waals surface area contributed by atoms with Gasteiger partial charge in [-0.15, -0.1) is 0 Å². The van der Waals surface area contributed by atoms with Crippen LogP contribution in [0, 0.1) is 0 Å². The van der Waals surface area contributed by atoms with Gasteiger partial charge in [-0.1, -0.05) is 34.1 Å². The van der Waals surface area contributed by atoms with Crippen LogP contribution in [0.15, 0.2) is 42.5 Å². The number of ether oxygens (including phenoxy) is 3. The minimum atomic E-state index is -1.36. The third kappa shape index (κ3) is 4.40. The molecule has 2 atom stereocenters. The van der Waals surface area contributed by atoms with Crippen molar-refractivity contribution < 1.29 is 38.2 Å². The number of rotatable bonds is 6. The topological polar surface area (TPSA) is 116 Å². The van der Waals surface area contributed by atoms with Crippen molar-refractivity contribution in [3.8, 4) is 11.5 Å². The number of carbonyl (C=O) groups excluding carboxylic acids is 5. The lowest BCUT2D eigenvalue weighted by Crippen LogP contribution is -2.47. The number of amides is 2. The maximum Gasteiger partial charge on any atom is 0.330 e. The van der Waals surface area contributed by atoms with Crippen molar-refractivity contribution in [1.29, 1.82) is 0 Å². The lowest BCUT2D eigenvalue weighted by Gasteiger charge is -2.28. The lowest BCUT2D eigenvalue weighted by molar-refractivity contribution is -0.145. The number of hydrogen-bond donors (Lipinski definition) is 0. The van der Waals surface area contributed by atoms with Crippen LogP contribution in [-0.4, -0.2) is 47.8 Å². The molecule has 3 rings (SSSR count). The molecule has 2 aromatic rings. The molecule has 1 aliphatic rings. The average Bonchev–Trinajstić information content (AvgIpc) is 2.99. The summed E-state index contributed by atoms with van der Waals surface area (Å²) < 4.78 is 15.0. The van der Waals surface area contributed by atoms with Crippen molar-refractivity contribution in [2.24, 2.45) is 0 Å². The van der Waals surface area contributed by atoms with E-state index in [2.05, 4.69) is 15.9 Å². The van der Waals surface area contributed by atoms with Gasteiger partial charge in [0.1, 0.15) is 0 Å². The van der Waals surface area contributed by atoms with Crippen LogP contribution < -0.4 is 9.47 Å². The van der Waals surface area contributed by atoms with Gasteiger partial charge in [0.2, 0.25) is 0 Å². The zero-order valence-corrected chi connectivity index (χ0v) is 18.9. The maximum absolute atomic E-state index is 12.9. The first-order valence-corrected chi connectivity index (χ1v) is 10.3. The molecule has 0 N–H and O–H groups in total. The molecular formula is C22H18BrNO8. The molecule has 9 nitrogen and oxygen atoms in total. The van der Waals surface area contributed by atoms with Gasteiger partial charge in [0.25, 0.3) is 11.8 Å². The molecule has 0 spiro atoms. The Morgan fingerprint density at radius 2 is 1.41 bits per heavy atom. The van der Waals surface area contributed by atoms with Gasteiger partial charge in [0.05, 0.1) is 23.1 Å². The Balaban J connectivity index is 2.04. The third-order valence-corrected chi connectivity index (χ3v) is 5.65. The average molecular weight is 504 g/mol. The van der Waals surface area contributed by atoms with Crippen LogP contribution in [0.2, 0.25) is 0 Å². The highest BCUT2D eigenvalue weighted by atomic mass is 79.9. The summed E-state index contributed by atoms with van der Waals surface area (Å²) in [6.45, 7) is 2.36. The van der Waals surface area contributed by atoms with E-state index >= 15 is 0 Å². The Hall–Kier alpha value is -3.53. The highest BCUT2D eigenvalue weighted by Gasteiger charge is 2.46. The van der Waals surface area contributed by atoms with E-state index in [1.54, 1.807) is 12.1 Å². The molecule has 2 aromatic carbocycles. The molecule has 10 heteroatoms. The summed E-state index contributed by atoms with van der Waals surface area (Å²) in [5, 5.41) is 0. The van der Waals surface area contributed by atoms with Crippen LogP contribution in [0.5, 0.6) is 11.5 Å². The summed E-state index contributed by atoms with van der Waals surface area (Å²) in [5.41, 5.74) is 0.720. The minimum absolute atomic E-state index is 0.00787. The first kappa shape index (κ1) is 23.1. The van der Waals surface area contributed by atoms with Crippen molar-refractivity contribution in [1.82, 2.24) is 4.90 Å². The van der Waals surface area contributed by atoms with E-state index in [1.807, 2.05) is 0 Å². The van der Waals surface area contributed by atoms with Gasteiger partial charge in [0.15, 0.2) is 17.5 Å². The fourth-order valence-corrected chi connectivity index (χ4v) is 4.03. The van der Waals surface area contributed by atoms with Gasteiger partial charge in [-0.25, -0.2) is 4.79 Å². The van der Waals surface area contributed by atoms with E-state index in [9.17, 15) is 24.0 Å². The Morgan fingerprint density at radius 3 is 1.91 bits per heavy atom. The van der Waals surface area contributed by atoms with Crippen molar-refractivity contribution in [3.05, 3.63) is 59.2 Å². The highest BCUT2D eigenvalue weighted by Crippen LogP contribution is 2.39. The molecule has 2 amide bonds. The summed E-state index contributed by atoms with van der Waals surface area (Å²) in [6.07, 6.45) is 0. The fraction of sp³-hybridized carbons (Fsp3) is 0.227. The molecule has 0 unspecified atom stereocenters. The molecule has 1 heterocycles. The highest BCUT2D eigenvalue weighted by molar-refractivity contribution is 9.09. The summed E-state index contributed by atoms with van der Waals surface area (Å²) in [4.78, 5) is 61.3. The van der Waals surface area contributed by atoms with Crippen molar-refractivity contribution >= 4 is 45.7 Å². The fourth-order valence-electron chi connectivity index (χ4n) is 3.29. The van der Waals surface area contributed by atoms with Crippen molar-refractivity contribution in [2.75, 3.05) is 7.11 Å². The first-order chi connectivity index (χ1) is 15.1. The number of alkyl halides is 1. The zero-order valence-electron chi connectivity index (χ0n) is 17.3. The van der Waals surface area contributed by atoms with Crippen LogP contribution in [0.3, 0.4) is 0 Å². The van der Waals surface area contributed by atoms with Gasteiger partial charge in [-0.3, -0.25) is 24.1 Å².